The molecule has 0 saturated carbocycles. The van der Waals surface area contributed by atoms with Crippen LogP contribution in [0.3, 0.4) is 0 Å². The number of nitrogens with zero attached hydrogens (tertiary/aromatic N) is 1. The van der Waals surface area contributed by atoms with Gasteiger partial charge in [-0.05, 0) is 18.6 Å². The maximum Gasteiger partial charge on any atom is 0.460 e. The summed E-state index contributed by atoms with van der Waals surface area (Å²) in [6.45, 7) is 1.10. The molecule has 0 aliphatic rings. The van der Waals surface area contributed by atoms with Crippen LogP contribution in [0.2, 0.25) is 0 Å². The van der Waals surface area contributed by atoms with Crippen molar-refractivity contribution in [3.05, 3.63) is 33.9 Å². The smallest absolute Gasteiger partial charge is 0.320 e. The summed E-state index contributed by atoms with van der Waals surface area (Å²) in [5, 5.41) is 11.7. The van der Waals surface area contributed by atoms with Gasteiger partial charge in [-0.25, -0.2) is 0 Å². The number of carbonyl (C=O) groups excluding carboxylic acids is 1. The standard InChI is InChI=1S/C11H7F7N2O3/c1-5-4-6(20(22)23)2-3-7(5)19-8(21)9(12,13)10(14,15)11(16,17)18/h2-4H,1H3,(H,19,21). The van der Waals surface area contributed by atoms with Gasteiger partial charge in [-0.2, -0.15) is 30.7 Å². The van der Waals surface area contributed by atoms with Gasteiger partial charge in [-0.15, -0.1) is 0 Å². The van der Waals surface area contributed by atoms with Gasteiger partial charge in [0, 0.05) is 17.8 Å². The van der Waals surface area contributed by atoms with E-state index >= 15 is 0 Å². The lowest BCUT2D eigenvalue weighted by molar-refractivity contribution is -0.384. The average molecular weight is 348 g/mol. The van der Waals surface area contributed by atoms with Crippen molar-refractivity contribution < 1.29 is 40.5 Å². The van der Waals surface area contributed by atoms with Crippen LogP contribution in [0.25, 0.3) is 0 Å². The van der Waals surface area contributed by atoms with Gasteiger partial charge in [0.2, 0.25) is 0 Å². The summed E-state index contributed by atoms with van der Waals surface area (Å²) in [7, 11) is 0. The SMILES string of the molecule is Cc1cc([N+](=O)[O-])ccc1NC(=O)C(F)(F)C(F)(F)C(F)(F)F. The molecule has 1 rings (SSSR count). The van der Waals surface area contributed by atoms with E-state index in [9.17, 15) is 45.6 Å². The first kappa shape index (κ1) is 18.6. The monoisotopic (exact) mass is 348 g/mol. The maximum atomic E-state index is 13.1. The number of nitro benzene ring substituents is 1. The third kappa shape index (κ3) is 3.35. The van der Waals surface area contributed by atoms with Crippen molar-refractivity contribution in [2.45, 2.75) is 24.9 Å². The molecule has 1 aromatic rings. The van der Waals surface area contributed by atoms with E-state index in [1.807, 2.05) is 0 Å². The molecule has 0 atom stereocenters. The third-order valence-corrected chi connectivity index (χ3v) is 2.70. The number of amides is 1. The van der Waals surface area contributed by atoms with Crippen LogP contribution in [0.15, 0.2) is 18.2 Å². The largest absolute Gasteiger partial charge is 0.460 e. The van der Waals surface area contributed by atoms with Gasteiger partial charge in [0.15, 0.2) is 0 Å². The Morgan fingerprint density at radius 3 is 2.04 bits per heavy atom. The van der Waals surface area contributed by atoms with Gasteiger partial charge in [0.1, 0.15) is 0 Å². The van der Waals surface area contributed by atoms with E-state index in [1.54, 1.807) is 0 Å². The number of hydrogen-bond donors (Lipinski definition) is 1. The van der Waals surface area contributed by atoms with Gasteiger partial charge in [-0.1, -0.05) is 0 Å². The molecule has 128 valence electrons. The predicted octanol–water partition coefficient (Wildman–Crippen LogP) is 3.67. The van der Waals surface area contributed by atoms with Gasteiger partial charge in [-0.3, -0.25) is 14.9 Å². The Balaban J connectivity index is 3.10. The van der Waals surface area contributed by atoms with E-state index in [2.05, 4.69) is 0 Å². The first-order valence-corrected chi connectivity index (χ1v) is 5.60. The molecule has 1 N–H and O–H groups in total. The summed E-state index contributed by atoms with van der Waals surface area (Å²) in [5.74, 6) is -15.5. The molecule has 12 heteroatoms. The molecular weight excluding hydrogens is 341 g/mol. The minimum absolute atomic E-state index is 0.182. The fourth-order valence-corrected chi connectivity index (χ4v) is 1.42. The Kier molecular flexibility index (Phi) is 4.59. The lowest BCUT2D eigenvalue weighted by atomic mass is 10.1. The molecule has 0 aliphatic carbocycles. The lowest BCUT2D eigenvalue weighted by Gasteiger charge is -2.27. The van der Waals surface area contributed by atoms with E-state index in [-0.39, 0.29) is 5.56 Å². The molecule has 0 spiro atoms. The molecule has 5 nitrogen and oxygen atoms in total. The zero-order chi connectivity index (χ0) is 18.2. The normalized spacial score (nSPS) is 12.9. The summed E-state index contributed by atoms with van der Waals surface area (Å²) in [5.41, 5.74) is -1.25. The molecular formula is C11H7F7N2O3. The molecule has 0 bridgehead atoms. The van der Waals surface area contributed by atoms with Crippen molar-refractivity contribution in [3.63, 3.8) is 0 Å². The molecule has 0 unspecified atom stereocenters. The number of nitro groups is 1. The number of halogens is 7. The maximum absolute atomic E-state index is 13.1. The number of anilines is 1. The zero-order valence-corrected chi connectivity index (χ0v) is 11.0. The van der Waals surface area contributed by atoms with Crippen LogP contribution in [-0.2, 0) is 4.79 Å². The van der Waals surface area contributed by atoms with E-state index in [0.717, 1.165) is 25.1 Å². The number of carbonyl (C=O) groups is 1. The highest BCUT2D eigenvalue weighted by molar-refractivity contribution is 5.97. The number of non-ortho nitro benzene ring substituents is 1. The van der Waals surface area contributed by atoms with Crippen molar-refractivity contribution in [1.29, 1.82) is 0 Å². The van der Waals surface area contributed by atoms with Crippen LogP contribution in [0.1, 0.15) is 5.56 Å². The first-order valence-electron chi connectivity index (χ1n) is 5.60. The van der Waals surface area contributed by atoms with E-state index in [1.165, 1.54) is 5.32 Å². The fraction of sp³-hybridized carbons (Fsp3) is 0.364. The Hall–Kier alpha value is -2.40. The number of aryl methyl sites for hydroxylation is 1. The molecule has 0 aromatic heterocycles. The molecule has 0 heterocycles. The Labute approximate surface area is 123 Å². The molecule has 1 aromatic carbocycles. The number of alkyl halides is 7. The topological polar surface area (TPSA) is 72.2 Å². The Bertz CT molecular complexity index is 643. The van der Waals surface area contributed by atoms with Gasteiger partial charge in [0.05, 0.1) is 4.92 Å². The zero-order valence-electron chi connectivity index (χ0n) is 11.0. The second-order valence-corrected chi connectivity index (χ2v) is 4.36. The van der Waals surface area contributed by atoms with E-state index in [4.69, 9.17) is 0 Å². The van der Waals surface area contributed by atoms with Gasteiger partial charge in [0.25, 0.3) is 5.69 Å². The highest BCUT2D eigenvalue weighted by atomic mass is 19.4. The van der Waals surface area contributed by atoms with Gasteiger partial charge < -0.3 is 5.32 Å². The molecule has 0 saturated heterocycles. The quantitative estimate of drug-likeness (QED) is 0.513. The minimum atomic E-state index is -6.64. The van der Waals surface area contributed by atoms with Crippen LogP contribution in [0.4, 0.5) is 42.1 Å². The summed E-state index contributed by atoms with van der Waals surface area (Å²) < 4.78 is 87.6. The molecule has 0 radical (unpaired) electrons. The van der Waals surface area contributed by atoms with Crippen LogP contribution < -0.4 is 5.32 Å². The van der Waals surface area contributed by atoms with Crippen LogP contribution in [0, 0.1) is 17.0 Å². The minimum Gasteiger partial charge on any atom is -0.320 e. The highest BCUT2D eigenvalue weighted by Gasteiger charge is 2.76. The average Bonchev–Trinajstić information content (AvgIpc) is 2.39. The molecule has 23 heavy (non-hydrogen) atoms. The van der Waals surface area contributed by atoms with Crippen LogP contribution >= 0.6 is 0 Å². The number of nitrogens with one attached hydrogen (secondary N) is 1. The second kappa shape index (κ2) is 5.66. The van der Waals surface area contributed by atoms with Crippen molar-refractivity contribution in [2.24, 2.45) is 0 Å². The molecule has 1 amide bonds. The third-order valence-electron chi connectivity index (χ3n) is 2.70. The molecule has 0 fully saturated rings. The first-order chi connectivity index (χ1) is 10.2. The van der Waals surface area contributed by atoms with Crippen molar-refractivity contribution in [3.8, 4) is 0 Å². The summed E-state index contributed by atoms with van der Waals surface area (Å²) in [6, 6.07) is 2.30. The Morgan fingerprint density at radius 2 is 1.65 bits per heavy atom. The number of hydrogen-bond acceptors (Lipinski definition) is 3. The lowest BCUT2D eigenvalue weighted by Crippen LogP contribution is -2.57. The van der Waals surface area contributed by atoms with Gasteiger partial charge >= 0.3 is 23.9 Å². The van der Waals surface area contributed by atoms with Crippen molar-refractivity contribution in [1.82, 2.24) is 0 Å². The fourth-order valence-electron chi connectivity index (χ4n) is 1.42. The van der Waals surface area contributed by atoms with Crippen molar-refractivity contribution >= 4 is 17.3 Å². The summed E-state index contributed by atoms with van der Waals surface area (Å²) in [6.07, 6.45) is -6.64. The Morgan fingerprint density at radius 1 is 1.13 bits per heavy atom. The van der Waals surface area contributed by atoms with Crippen LogP contribution in [0.5, 0.6) is 0 Å². The summed E-state index contributed by atoms with van der Waals surface area (Å²) in [4.78, 5) is 20.7. The highest BCUT2D eigenvalue weighted by Crippen LogP contribution is 2.47. The molecule has 0 aliphatic heterocycles. The van der Waals surface area contributed by atoms with E-state index in [0.29, 0.717) is 0 Å². The number of benzene rings is 1. The predicted molar refractivity (Wildman–Crippen MR) is 62.4 cm³/mol. The van der Waals surface area contributed by atoms with Crippen LogP contribution in [-0.4, -0.2) is 28.9 Å². The van der Waals surface area contributed by atoms with E-state index < -0.39 is 40.2 Å². The summed E-state index contributed by atoms with van der Waals surface area (Å²) >= 11 is 0. The van der Waals surface area contributed by atoms with Crippen molar-refractivity contribution in [2.75, 3.05) is 5.32 Å². The number of rotatable bonds is 4. The second-order valence-electron chi connectivity index (χ2n) is 4.36.